The van der Waals surface area contributed by atoms with E-state index in [4.69, 9.17) is 0 Å². The fourth-order valence-electron chi connectivity index (χ4n) is 2.82. The number of hydrogen-bond donors (Lipinski definition) is 2. The molecule has 3 rings (SSSR count). The molecular formula is C23H30N2OS. The molecule has 144 valence electrons. The smallest absolute Gasteiger partial charge is 0.220 e. The second kappa shape index (κ2) is 8.94. The highest BCUT2D eigenvalue weighted by Gasteiger charge is 2.21. The van der Waals surface area contributed by atoms with Crippen molar-refractivity contribution in [3.05, 3.63) is 54.1 Å². The average Bonchev–Trinajstić information content (AvgIpc) is 3.48. The molecule has 0 radical (unpaired) electrons. The van der Waals surface area contributed by atoms with Crippen LogP contribution in [0.2, 0.25) is 0 Å². The van der Waals surface area contributed by atoms with Gasteiger partial charge in [0.15, 0.2) is 0 Å². The largest absolute Gasteiger partial charge is 0.352 e. The Morgan fingerprint density at radius 2 is 1.81 bits per heavy atom. The van der Waals surface area contributed by atoms with Gasteiger partial charge in [0.1, 0.15) is 0 Å². The average molecular weight is 383 g/mol. The number of hydrogen-bond acceptors (Lipinski definition) is 3. The minimum atomic E-state index is 0.0841. The lowest BCUT2D eigenvalue weighted by atomic mass is 10.0. The van der Waals surface area contributed by atoms with Gasteiger partial charge in [0.25, 0.3) is 0 Å². The van der Waals surface area contributed by atoms with Crippen LogP contribution in [0.25, 0.3) is 11.1 Å². The molecule has 4 heteroatoms. The van der Waals surface area contributed by atoms with E-state index < -0.39 is 0 Å². The molecule has 0 bridgehead atoms. The third-order valence-corrected chi connectivity index (χ3v) is 5.78. The molecule has 1 amide bonds. The van der Waals surface area contributed by atoms with Gasteiger partial charge in [-0.15, -0.1) is 0 Å². The zero-order valence-electron chi connectivity index (χ0n) is 16.5. The monoisotopic (exact) mass is 382 g/mol. The van der Waals surface area contributed by atoms with Crippen LogP contribution in [0.4, 0.5) is 0 Å². The highest BCUT2D eigenvalue weighted by atomic mass is 32.2. The molecule has 0 aliphatic heterocycles. The minimum absolute atomic E-state index is 0.0841. The van der Waals surface area contributed by atoms with Crippen molar-refractivity contribution >= 4 is 17.9 Å². The summed E-state index contributed by atoms with van der Waals surface area (Å²) in [5, 5.41) is 3.05. The molecule has 1 aliphatic rings. The van der Waals surface area contributed by atoms with E-state index >= 15 is 0 Å². The van der Waals surface area contributed by atoms with E-state index in [-0.39, 0.29) is 11.4 Å². The van der Waals surface area contributed by atoms with Crippen molar-refractivity contribution in [2.45, 2.75) is 63.4 Å². The van der Waals surface area contributed by atoms with E-state index in [1.165, 1.54) is 28.9 Å². The fraction of sp³-hybridized carbons (Fsp3) is 0.435. The van der Waals surface area contributed by atoms with E-state index in [0.717, 1.165) is 17.9 Å². The summed E-state index contributed by atoms with van der Waals surface area (Å²) in [6, 6.07) is 17.0. The predicted octanol–water partition coefficient (Wildman–Crippen LogP) is 5.56. The second-order valence-electron chi connectivity index (χ2n) is 8.44. The third kappa shape index (κ3) is 7.04. The van der Waals surface area contributed by atoms with E-state index in [0.29, 0.717) is 13.0 Å². The van der Waals surface area contributed by atoms with E-state index in [2.05, 4.69) is 79.3 Å². The van der Waals surface area contributed by atoms with Gasteiger partial charge < -0.3 is 5.32 Å². The van der Waals surface area contributed by atoms with Gasteiger partial charge in [0.05, 0.1) is 0 Å². The van der Waals surface area contributed by atoms with Gasteiger partial charge in [-0.3, -0.25) is 9.52 Å². The van der Waals surface area contributed by atoms with Crippen LogP contribution in [-0.2, 0) is 11.3 Å². The first-order valence-corrected chi connectivity index (χ1v) is 10.6. The summed E-state index contributed by atoms with van der Waals surface area (Å²) in [6.07, 6.45) is 4.31. The van der Waals surface area contributed by atoms with Crippen LogP contribution in [0.1, 0.15) is 52.0 Å². The molecule has 2 aromatic rings. The van der Waals surface area contributed by atoms with Crippen molar-refractivity contribution in [3.63, 3.8) is 0 Å². The van der Waals surface area contributed by atoms with Crippen LogP contribution in [0.3, 0.4) is 0 Å². The summed E-state index contributed by atoms with van der Waals surface area (Å²) < 4.78 is 3.43. The molecule has 1 fully saturated rings. The Labute approximate surface area is 167 Å². The quantitative estimate of drug-likeness (QED) is 0.588. The molecule has 3 nitrogen and oxygen atoms in total. The molecule has 27 heavy (non-hydrogen) atoms. The molecule has 2 N–H and O–H groups in total. The maximum Gasteiger partial charge on any atom is 0.220 e. The van der Waals surface area contributed by atoms with Crippen LogP contribution in [0.15, 0.2) is 53.4 Å². The Bertz CT molecular complexity index is 761. The Kier molecular flexibility index (Phi) is 6.61. The summed E-state index contributed by atoms with van der Waals surface area (Å²) >= 11 is 1.66. The van der Waals surface area contributed by atoms with Crippen LogP contribution in [-0.4, -0.2) is 11.4 Å². The first kappa shape index (κ1) is 20.0. The van der Waals surface area contributed by atoms with Gasteiger partial charge in [0.2, 0.25) is 5.91 Å². The molecule has 0 spiro atoms. The lowest BCUT2D eigenvalue weighted by Gasteiger charge is -2.19. The number of rotatable bonds is 8. The standard InChI is InChI=1S/C23H30N2OS/c1-23(2,3)25-27-21-12-10-19(11-13-21)20-6-4-5-18(15-20)16-24-22(26)14-9-17-7-8-17/h4-6,10-13,15,17,25H,7-9,14,16H2,1-3H3,(H,24,26). The summed E-state index contributed by atoms with van der Waals surface area (Å²) in [6.45, 7) is 7.07. The highest BCUT2D eigenvalue weighted by Crippen LogP contribution is 2.33. The van der Waals surface area contributed by atoms with Crippen molar-refractivity contribution in [2.75, 3.05) is 0 Å². The van der Waals surface area contributed by atoms with Crippen LogP contribution in [0.5, 0.6) is 0 Å². The van der Waals surface area contributed by atoms with Gasteiger partial charge in [0, 0.05) is 23.4 Å². The van der Waals surface area contributed by atoms with Crippen molar-refractivity contribution in [3.8, 4) is 11.1 Å². The number of carbonyl (C=O) groups excluding carboxylic acids is 1. The molecule has 2 aromatic carbocycles. The Balaban J connectivity index is 1.55. The van der Waals surface area contributed by atoms with E-state index in [9.17, 15) is 4.79 Å². The van der Waals surface area contributed by atoms with Gasteiger partial charge in [-0.2, -0.15) is 0 Å². The molecule has 1 aliphatic carbocycles. The number of nitrogens with one attached hydrogen (secondary N) is 2. The maximum absolute atomic E-state index is 12.0. The summed E-state index contributed by atoms with van der Waals surface area (Å²) in [5.41, 5.74) is 3.60. The third-order valence-electron chi connectivity index (χ3n) is 4.56. The van der Waals surface area contributed by atoms with Crippen molar-refractivity contribution in [1.82, 2.24) is 10.0 Å². The number of carbonyl (C=O) groups is 1. The summed E-state index contributed by atoms with van der Waals surface area (Å²) in [7, 11) is 0. The first-order chi connectivity index (χ1) is 12.9. The molecule has 0 aromatic heterocycles. The number of benzene rings is 2. The Morgan fingerprint density at radius 3 is 2.48 bits per heavy atom. The van der Waals surface area contributed by atoms with Crippen LogP contribution < -0.4 is 10.0 Å². The normalized spacial score (nSPS) is 14.2. The van der Waals surface area contributed by atoms with Gasteiger partial charge in [-0.25, -0.2) is 0 Å². The van der Waals surface area contributed by atoms with E-state index in [1.807, 2.05) is 0 Å². The molecule has 0 unspecified atom stereocenters. The van der Waals surface area contributed by atoms with Crippen LogP contribution >= 0.6 is 11.9 Å². The van der Waals surface area contributed by atoms with Crippen molar-refractivity contribution in [2.24, 2.45) is 5.92 Å². The maximum atomic E-state index is 12.0. The van der Waals surface area contributed by atoms with Gasteiger partial charge in [-0.1, -0.05) is 43.2 Å². The lowest BCUT2D eigenvalue weighted by molar-refractivity contribution is -0.121. The Hall–Kier alpha value is -1.78. The molecule has 0 atom stereocenters. The second-order valence-corrected chi connectivity index (χ2v) is 9.32. The zero-order valence-corrected chi connectivity index (χ0v) is 17.4. The summed E-state index contributed by atoms with van der Waals surface area (Å²) in [4.78, 5) is 13.2. The minimum Gasteiger partial charge on any atom is -0.352 e. The predicted molar refractivity (Wildman–Crippen MR) is 114 cm³/mol. The van der Waals surface area contributed by atoms with Crippen LogP contribution in [0, 0.1) is 5.92 Å². The highest BCUT2D eigenvalue weighted by molar-refractivity contribution is 7.97. The Morgan fingerprint density at radius 1 is 1.07 bits per heavy atom. The molecular weight excluding hydrogens is 352 g/mol. The van der Waals surface area contributed by atoms with Crippen molar-refractivity contribution < 1.29 is 4.79 Å². The topological polar surface area (TPSA) is 41.1 Å². The van der Waals surface area contributed by atoms with E-state index in [1.54, 1.807) is 11.9 Å². The zero-order chi connectivity index (χ0) is 19.3. The molecule has 1 saturated carbocycles. The first-order valence-electron chi connectivity index (χ1n) is 9.79. The van der Waals surface area contributed by atoms with Crippen molar-refractivity contribution in [1.29, 1.82) is 0 Å². The SMILES string of the molecule is CC(C)(C)NSc1ccc(-c2cccc(CNC(=O)CCC3CC3)c2)cc1. The summed E-state index contributed by atoms with van der Waals surface area (Å²) in [5.74, 6) is 0.971. The molecule has 0 heterocycles. The fourth-order valence-corrected chi connectivity index (χ4v) is 3.52. The number of amides is 1. The van der Waals surface area contributed by atoms with Gasteiger partial charge in [-0.05, 0) is 79.9 Å². The van der Waals surface area contributed by atoms with Gasteiger partial charge >= 0.3 is 0 Å². The lowest BCUT2D eigenvalue weighted by Crippen LogP contribution is -2.29. The molecule has 0 saturated heterocycles.